The lowest BCUT2D eigenvalue weighted by molar-refractivity contribution is -0.115. The van der Waals surface area contributed by atoms with E-state index in [1.165, 1.54) is 12.3 Å². The molecule has 0 bridgehead atoms. The van der Waals surface area contributed by atoms with Crippen molar-refractivity contribution in [3.63, 3.8) is 0 Å². The van der Waals surface area contributed by atoms with Crippen LogP contribution < -0.4 is 10.6 Å². The van der Waals surface area contributed by atoms with E-state index >= 15 is 0 Å². The van der Waals surface area contributed by atoms with Crippen molar-refractivity contribution in [3.05, 3.63) is 101 Å². The first-order valence-electron chi connectivity index (χ1n) is 12.1. The summed E-state index contributed by atoms with van der Waals surface area (Å²) in [6.07, 6.45) is 1.53. The van der Waals surface area contributed by atoms with E-state index in [1.807, 2.05) is 13.8 Å². The third-order valence-corrected chi connectivity index (χ3v) is 6.23. The van der Waals surface area contributed by atoms with Crippen molar-refractivity contribution in [1.29, 1.82) is 0 Å². The maximum Gasteiger partial charge on any atom is 0.273 e. The number of aryl methyl sites for hydroxylation is 2. The smallest absolute Gasteiger partial charge is 0.273 e. The summed E-state index contributed by atoms with van der Waals surface area (Å²) in [7, 11) is 0. The molecule has 190 valence electrons. The molecule has 4 aromatic rings. The topological polar surface area (TPSA) is 126 Å². The predicted molar refractivity (Wildman–Crippen MR) is 145 cm³/mol. The van der Waals surface area contributed by atoms with E-state index in [2.05, 4.69) is 20.7 Å². The number of hydrogen-bond acceptors (Lipinski definition) is 6. The Bertz CT molecular complexity index is 1590. The number of aromatic nitrogens is 2. The molecule has 1 aliphatic heterocycles. The molecule has 0 saturated carbocycles. The molecule has 0 radical (unpaired) electrons. The van der Waals surface area contributed by atoms with Gasteiger partial charge in [0.25, 0.3) is 5.91 Å². The number of amides is 2. The molecule has 1 aliphatic rings. The monoisotopic (exact) mass is 507 g/mol. The molecule has 1 unspecified atom stereocenters. The van der Waals surface area contributed by atoms with Crippen LogP contribution in [-0.2, 0) is 11.3 Å². The molecule has 5 rings (SSSR count). The van der Waals surface area contributed by atoms with Gasteiger partial charge in [0.1, 0.15) is 17.4 Å². The zero-order valence-electron chi connectivity index (χ0n) is 20.8. The predicted octanol–water partition coefficient (Wildman–Crippen LogP) is 4.84. The molecule has 0 spiro atoms. The lowest BCUT2D eigenvalue weighted by Crippen LogP contribution is -2.17. The number of carbonyl (C=O) groups is 3. The van der Waals surface area contributed by atoms with E-state index in [9.17, 15) is 19.5 Å². The second kappa shape index (κ2) is 10.1. The van der Waals surface area contributed by atoms with Crippen molar-refractivity contribution >= 4 is 40.9 Å². The first-order valence-corrected chi connectivity index (χ1v) is 12.1. The molecule has 0 saturated heterocycles. The Morgan fingerprint density at radius 2 is 1.84 bits per heavy atom. The van der Waals surface area contributed by atoms with E-state index in [0.717, 1.165) is 11.3 Å². The molecule has 0 aliphatic carbocycles. The van der Waals surface area contributed by atoms with Crippen molar-refractivity contribution in [2.75, 3.05) is 10.6 Å². The van der Waals surface area contributed by atoms with Crippen molar-refractivity contribution < 1.29 is 19.5 Å². The average Bonchev–Trinajstić information content (AvgIpc) is 3.45. The normalized spacial score (nSPS) is 14.4. The van der Waals surface area contributed by atoms with Crippen LogP contribution >= 0.6 is 0 Å². The van der Waals surface area contributed by atoms with E-state index in [-0.39, 0.29) is 23.3 Å². The van der Waals surface area contributed by atoms with Gasteiger partial charge in [-0.25, -0.2) is 0 Å². The van der Waals surface area contributed by atoms with Crippen LogP contribution in [0.1, 0.15) is 50.5 Å². The van der Waals surface area contributed by atoms with Crippen LogP contribution in [0.4, 0.5) is 17.1 Å². The van der Waals surface area contributed by atoms with Crippen LogP contribution in [0, 0.1) is 6.92 Å². The number of fused-ring (bicyclic) bond motifs is 1. The van der Waals surface area contributed by atoms with Gasteiger partial charge in [0.2, 0.25) is 5.91 Å². The number of phenolic OH excluding ortho intramolecular Hbond substituents is 1. The van der Waals surface area contributed by atoms with Crippen molar-refractivity contribution in [2.45, 2.75) is 26.3 Å². The van der Waals surface area contributed by atoms with Gasteiger partial charge in [0, 0.05) is 41.3 Å². The number of ketones is 1. The Morgan fingerprint density at radius 3 is 2.58 bits per heavy atom. The molecule has 1 aromatic heterocycles. The summed E-state index contributed by atoms with van der Waals surface area (Å²) in [5, 5.41) is 19.5. The fraction of sp³-hybridized carbons (Fsp3) is 0.138. The quantitative estimate of drug-likeness (QED) is 0.244. The van der Waals surface area contributed by atoms with Gasteiger partial charge in [-0.1, -0.05) is 18.2 Å². The highest BCUT2D eigenvalue weighted by atomic mass is 16.3. The molecule has 1 atom stereocenters. The summed E-state index contributed by atoms with van der Waals surface area (Å²) >= 11 is 0. The minimum Gasteiger partial charge on any atom is -0.508 e. The number of anilines is 2. The van der Waals surface area contributed by atoms with E-state index < -0.39 is 5.92 Å². The number of phenols is 1. The number of benzene rings is 3. The maximum atomic E-state index is 13.1. The molecule has 9 nitrogen and oxygen atoms in total. The number of nitrogens with zero attached hydrogens (tertiary/aromatic N) is 3. The fourth-order valence-corrected chi connectivity index (χ4v) is 4.35. The highest BCUT2D eigenvalue weighted by Gasteiger charge is 2.30. The molecular formula is C29H25N5O4. The Balaban J connectivity index is 1.29. The van der Waals surface area contributed by atoms with Crippen molar-refractivity contribution in [2.24, 2.45) is 4.99 Å². The van der Waals surface area contributed by atoms with Gasteiger partial charge in [-0.05, 0) is 67.9 Å². The van der Waals surface area contributed by atoms with Gasteiger partial charge in [-0.15, -0.1) is 0 Å². The summed E-state index contributed by atoms with van der Waals surface area (Å²) < 4.78 is 1.64. The molecule has 0 fully saturated rings. The van der Waals surface area contributed by atoms with Gasteiger partial charge in [0.05, 0.1) is 11.4 Å². The number of rotatable bonds is 7. The Labute approximate surface area is 218 Å². The minimum atomic E-state index is -0.604. The summed E-state index contributed by atoms with van der Waals surface area (Å²) in [4.78, 5) is 42.7. The molecule has 2 heterocycles. The number of carbonyl (C=O) groups excluding carboxylic acids is 3. The molecular weight excluding hydrogens is 482 g/mol. The van der Waals surface area contributed by atoms with Crippen LogP contribution in [0.3, 0.4) is 0 Å². The lowest BCUT2D eigenvalue weighted by Gasteiger charge is -2.08. The maximum absolute atomic E-state index is 13.1. The van der Waals surface area contributed by atoms with Gasteiger partial charge in [-0.2, -0.15) is 5.10 Å². The SMILES string of the molecule is CCn1nc(C)cc1C(=O)Nc1ccc(C(=O)c2ccc3c(c2)NC(=O)C3C=Nc2cccc(O)c2)cc1. The first-order chi connectivity index (χ1) is 18.3. The Hall–Kier alpha value is -5.05. The van der Waals surface area contributed by atoms with E-state index in [4.69, 9.17) is 0 Å². The van der Waals surface area contributed by atoms with Gasteiger partial charge in [-0.3, -0.25) is 24.1 Å². The number of aliphatic imine (C=N–C) groups is 1. The van der Waals surface area contributed by atoms with Crippen LogP contribution in [0.25, 0.3) is 0 Å². The number of nitrogens with one attached hydrogen (secondary N) is 2. The second-order valence-electron chi connectivity index (χ2n) is 8.91. The summed E-state index contributed by atoms with van der Waals surface area (Å²) in [5.41, 5.74) is 4.47. The summed E-state index contributed by atoms with van der Waals surface area (Å²) in [5.74, 6) is -1.24. The summed E-state index contributed by atoms with van der Waals surface area (Å²) in [6.45, 7) is 4.33. The van der Waals surface area contributed by atoms with Crippen molar-refractivity contribution in [3.8, 4) is 5.75 Å². The van der Waals surface area contributed by atoms with Crippen LogP contribution in [0.2, 0.25) is 0 Å². The van der Waals surface area contributed by atoms with E-state index in [1.54, 1.807) is 71.4 Å². The zero-order valence-corrected chi connectivity index (χ0v) is 20.8. The van der Waals surface area contributed by atoms with Crippen LogP contribution in [0.5, 0.6) is 5.75 Å². The molecule has 9 heteroatoms. The number of aromatic hydroxyl groups is 1. The third kappa shape index (κ3) is 4.94. The molecule has 38 heavy (non-hydrogen) atoms. The average molecular weight is 508 g/mol. The van der Waals surface area contributed by atoms with Crippen LogP contribution in [-0.4, -0.2) is 38.7 Å². The standard InChI is InChI=1S/C29H25N5O4/c1-3-34-26(13-17(2)33-34)29(38)31-20-10-7-18(8-11-20)27(36)19-9-12-23-24(28(37)32-25(23)14-19)16-30-21-5-4-6-22(35)15-21/h4-16,24,35H,3H2,1-2H3,(H,31,38)(H,32,37). The lowest BCUT2D eigenvalue weighted by atomic mass is 9.97. The largest absolute Gasteiger partial charge is 0.508 e. The fourth-order valence-electron chi connectivity index (χ4n) is 4.35. The summed E-state index contributed by atoms with van der Waals surface area (Å²) in [6, 6.07) is 19.9. The molecule has 2 amide bonds. The molecule has 3 aromatic carbocycles. The van der Waals surface area contributed by atoms with Gasteiger partial charge in [0.15, 0.2) is 5.78 Å². The van der Waals surface area contributed by atoms with Crippen molar-refractivity contribution in [1.82, 2.24) is 9.78 Å². The van der Waals surface area contributed by atoms with E-state index in [0.29, 0.717) is 40.4 Å². The Kier molecular flexibility index (Phi) is 6.57. The highest BCUT2D eigenvalue weighted by molar-refractivity contribution is 6.15. The minimum absolute atomic E-state index is 0.0912. The third-order valence-electron chi connectivity index (χ3n) is 6.23. The second-order valence-corrected chi connectivity index (χ2v) is 8.91. The van der Waals surface area contributed by atoms with Crippen LogP contribution in [0.15, 0.2) is 77.8 Å². The van der Waals surface area contributed by atoms with Gasteiger partial charge >= 0.3 is 0 Å². The number of hydrogen-bond donors (Lipinski definition) is 3. The van der Waals surface area contributed by atoms with Gasteiger partial charge < -0.3 is 15.7 Å². The highest BCUT2D eigenvalue weighted by Crippen LogP contribution is 2.33. The Morgan fingerprint density at radius 1 is 1.08 bits per heavy atom. The molecule has 3 N–H and O–H groups in total. The first kappa shape index (κ1) is 24.6. The zero-order chi connectivity index (χ0) is 26.8.